The summed E-state index contributed by atoms with van der Waals surface area (Å²) in [7, 11) is 0. The lowest BCUT2D eigenvalue weighted by molar-refractivity contribution is 0.0909. The molecule has 3 N–H and O–H groups in total. The first-order valence-electron chi connectivity index (χ1n) is 6.73. The fourth-order valence-electron chi connectivity index (χ4n) is 2.40. The van der Waals surface area contributed by atoms with Crippen molar-refractivity contribution in [3.05, 3.63) is 35.4 Å². The average molecular weight is 313 g/mol. The predicted molar refractivity (Wildman–Crippen MR) is 80.1 cm³/mol. The Morgan fingerprint density at radius 1 is 1.38 bits per heavy atom. The first kappa shape index (κ1) is 15.8. The van der Waals surface area contributed by atoms with E-state index in [9.17, 15) is 13.6 Å². The van der Waals surface area contributed by atoms with Crippen molar-refractivity contribution in [3.63, 3.8) is 0 Å². The molecule has 0 atom stereocenters. The van der Waals surface area contributed by atoms with Crippen molar-refractivity contribution in [1.29, 1.82) is 0 Å². The molecule has 1 fully saturated rings. The second-order valence-electron chi connectivity index (χ2n) is 5.09. The van der Waals surface area contributed by atoms with Gasteiger partial charge >= 0.3 is 0 Å². The summed E-state index contributed by atoms with van der Waals surface area (Å²) in [6.07, 6.45) is 1.45. The molecule has 0 aliphatic carbocycles. The smallest absolute Gasteiger partial charge is 0.254 e. The summed E-state index contributed by atoms with van der Waals surface area (Å²) in [6, 6.07) is 3.52. The van der Waals surface area contributed by atoms with Gasteiger partial charge in [0.2, 0.25) is 0 Å². The summed E-state index contributed by atoms with van der Waals surface area (Å²) < 4.78 is 26.6. The maximum absolute atomic E-state index is 13.5. The third-order valence-corrected chi connectivity index (χ3v) is 3.63. The van der Waals surface area contributed by atoms with Crippen molar-refractivity contribution >= 4 is 23.1 Å². The molecule has 7 heteroatoms. The van der Waals surface area contributed by atoms with Gasteiger partial charge in [0.1, 0.15) is 0 Å². The third kappa shape index (κ3) is 4.18. The Morgan fingerprint density at radius 2 is 2.05 bits per heavy atom. The molecule has 0 saturated carbocycles. The molecule has 21 heavy (non-hydrogen) atoms. The minimum atomic E-state index is -1.11. The van der Waals surface area contributed by atoms with E-state index >= 15 is 0 Å². The second kappa shape index (κ2) is 6.91. The van der Waals surface area contributed by atoms with Crippen LogP contribution in [0.2, 0.25) is 0 Å². The van der Waals surface area contributed by atoms with E-state index in [4.69, 9.17) is 18.0 Å². The molecule has 1 amide bonds. The number of amides is 1. The molecule has 1 aliphatic heterocycles. The number of nitrogens with zero attached hydrogens (tertiary/aromatic N) is 1. The number of hydrogen-bond acceptors (Lipinski definition) is 3. The molecular formula is C14H17F2N3OS. The molecule has 0 unspecified atom stereocenters. The van der Waals surface area contributed by atoms with E-state index in [1.807, 2.05) is 0 Å². The lowest BCUT2D eigenvalue weighted by Crippen LogP contribution is -2.46. The number of nitrogens with one attached hydrogen (secondary N) is 1. The highest BCUT2D eigenvalue weighted by Gasteiger charge is 2.23. The van der Waals surface area contributed by atoms with Crippen molar-refractivity contribution in [3.8, 4) is 0 Å². The third-order valence-electron chi connectivity index (χ3n) is 3.50. The van der Waals surface area contributed by atoms with E-state index in [0.29, 0.717) is 11.5 Å². The van der Waals surface area contributed by atoms with Crippen molar-refractivity contribution in [2.24, 2.45) is 5.73 Å². The molecule has 0 bridgehead atoms. The number of halogens is 2. The zero-order chi connectivity index (χ0) is 15.4. The van der Waals surface area contributed by atoms with Crippen molar-refractivity contribution in [1.82, 2.24) is 10.2 Å². The largest absolute Gasteiger partial charge is 0.392 e. The van der Waals surface area contributed by atoms with Crippen molar-refractivity contribution in [2.75, 3.05) is 19.6 Å². The topological polar surface area (TPSA) is 58.4 Å². The summed E-state index contributed by atoms with van der Waals surface area (Å²) in [5, 5.41) is 2.74. The minimum Gasteiger partial charge on any atom is -0.392 e. The number of thiocarbonyl (C=S) groups is 1. The summed E-state index contributed by atoms with van der Waals surface area (Å²) in [5.41, 5.74) is 5.22. The van der Waals surface area contributed by atoms with Gasteiger partial charge in [0.15, 0.2) is 11.6 Å². The Balaban J connectivity index is 1.90. The van der Waals surface area contributed by atoms with Crippen LogP contribution < -0.4 is 11.1 Å². The van der Waals surface area contributed by atoms with Gasteiger partial charge in [0.25, 0.3) is 5.91 Å². The molecule has 1 aromatic carbocycles. The molecule has 1 aliphatic rings. The maximum Gasteiger partial charge on any atom is 0.254 e. The first-order chi connectivity index (χ1) is 9.97. The number of nitrogens with two attached hydrogens (primary N) is 1. The molecule has 114 valence electrons. The standard InChI is InChI=1S/C14H17F2N3OS/c15-11-3-1-2-10(13(11)16)14(20)18-9-4-6-19(7-5-9)8-12(17)21/h1-3,9H,4-8H2,(H2,17,21)(H,18,20). The molecule has 1 heterocycles. The number of rotatable bonds is 4. The lowest BCUT2D eigenvalue weighted by atomic mass is 10.0. The van der Waals surface area contributed by atoms with E-state index in [-0.39, 0.29) is 11.6 Å². The summed E-state index contributed by atoms with van der Waals surface area (Å²) >= 11 is 4.86. The van der Waals surface area contributed by atoms with Crippen LogP contribution in [0.1, 0.15) is 23.2 Å². The molecule has 0 spiro atoms. The molecule has 2 rings (SSSR count). The van der Waals surface area contributed by atoms with Crippen LogP contribution in [-0.4, -0.2) is 41.5 Å². The van der Waals surface area contributed by atoms with Crippen LogP contribution in [0.4, 0.5) is 8.78 Å². The van der Waals surface area contributed by atoms with Gasteiger partial charge < -0.3 is 11.1 Å². The van der Waals surface area contributed by atoms with Crippen LogP contribution >= 0.6 is 12.2 Å². The SMILES string of the molecule is NC(=S)CN1CCC(NC(=O)c2cccc(F)c2F)CC1. The minimum absolute atomic E-state index is 0.0530. The lowest BCUT2D eigenvalue weighted by Gasteiger charge is -2.31. The quantitative estimate of drug-likeness (QED) is 0.826. The van der Waals surface area contributed by atoms with Gasteiger partial charge in [-0.15, -0.1) is 0 Å². The average Bonchev–Trinajstić information content (AvgIpc) is 2.43. The maximum atomic E-state index is 13.5. The monoisotopic (exact) mass is 313 g/mol. The predicted octanol–water partition coefficient (Wildman–Crippen LogP) is 1.45. The van der Waals surface area contributed by atoms with Crippen LogP contribution in [0.3, 0.4) is 0 Å². The zero-order valence-electron chi connectivity index (χ0n) is 11.4. The fraction of sp³-hybridized carbons (Fsp3) is 0.429. The first-order valence-corrected chi connectivity index (χ1v) is 7.13. The Bertz CT molecular complexity index is 545. The molecule has 4 nitrogen and oxygen atoms in total. The summed E-state index contributed by atoms with van der Waals surface area (Å²) in [6.45, 7) is 2.08. The van der Waals surface area contributed by atoms with Crippen molar-refractivity contribution in [2.45, 2.75) is 18.9 Å². The molecular weight excluding hydrogens is 296 g/mol. The number of carbonyl (C=O) groups excluding carboxylic acids is 1. The molecule has 0 radical (unpaired) electrons. The van der Waals surface area contributed by atoms with Crippen LogP contribution in [0.25, 0.3) is 0 Å². The van der Waals surface area contributed by atoms with Gasteiger partial charge in [0, 0.05) is 25.7 Å². The van der Waals surface area contributed by atoms with Gasteiger partial charge in [-0.1, -0.05) is 18.3 Å². The number of benzene rings is 1. The number of piperidine rings is 1. The normalized spacial score (nSPS) is 16.7. The zero-order valence-corrected chi connectivity index (χ0v) is 12.3. The van der Waals surface area contributed by atoms with Gasteiger partial charge in [-0.05, 0) is 25.0 Å². The number of likely N-dealkylation sites (tertiary alicyclic amines) is 1. The fourth-order valence-corrected chi connectivity index (χ4v) is 2.58. The second-order valence-corrected chi connectivity index (χ2v) is 5.62. The van der Waals surface area contributed by atoms with Crippen LogP contribution in [0.15, 0.2) is 18.2 Å². The van der Waals surface area contributed by atoms with E-state index in [2.05, 4.69) is 10.2 Å². The van der Waals surface area contributed by atoms with Crippen molar-refractivity contribution < 1.29 is 13.6 Å². The van der Waals surface area contributed by atoms with Gasteiger partial charge in [-0.25, -0.2) is 8.78 Å². The number of hydrogen-bond donors (Lipinski definition) is 2. The Morgan fingerprint density at radius 3 is 2.67 bits per heavy atom. The highest BCUT2D eigenvalue weighted by molar-refractivity contribution is 7.80. The molecule has 0 aromatic heterocycles. The molecule has 1 aromatic rings. The van der Waals surface area contributed by atoms with Crippen LogP contribution in [-0.2, 0) is 0 Å². The summed E-state index contributed by atoms with van der Waals surface area (Å²) in [4.78, 5) is 14.5. The highest BCUT2D eigenvalue weighted by atomic mass is 32.1. The van der Waals surface area contributed by atoms with E-state index < -0.39 is 17.5 Å². The molecule has 1 saturated heterocycles. The van der Waals surface area contributed by atoms with Crippen LogP contribution in [0.5, 0.6) is 0 Å². The Kier molecular flexibility index (Phi) is 5.19. The van der Waals surface area contributed by atoms with E-state index in [0.717, 1.165) is 32.0 Å². The van der Waals surface area contributed by atoms with E-state index in [1.54, 1.807) is 0 Å². The van der Waals surface area contributed by atoms with Crippen LogP contribution in [0, 0.1) is 11.6 Å². The number of carbonyl (C=O) groups is 1. The summed E-state index contributed by atoms with van der Waals surface area (Å²) in [5.74, 6) is -2.71. The van der Waals surface area contributed by atoms with Gasteiger partial charge in [0.05, 0.1) is 10.6 Å². The Hall–Kier alpha value is -1.60. The highest BCUT2D eigenvalue weighted by Crippen LogP contribution is 2.14. The van der Waals surface area contributed by atoms with Gasteiger partial charge in [-0.2, -0.15) is 0 Å². The van der Waals surface area contributed by atoms with E-state index in [1.165, 1.54) is 12.1 Å². The van der Waals surface area contributed by atoms with Gasteiger partial charge in [-0.3, -0.25) is 9.69 Å². The Labute approximate surface area is 127 Å².